The van der Waals surface area contributed by atoms with E-state index in [1.54, 1.807) is 0 Å². The molecule has 3 rings (SSSR count). The summed E-state index contributed by atoms with van der Waals surface area (Å²) in [6.07, 6.45) is 1.68. The molecule has 1 aromatic rings. The quantitative estimate of drug-likeness (QED) is 0.925. The molecule has 2 aliphatic heterocycles. The van der Waals surface area contributed by atoms with Crippen molar-refractivity contribution in [3.63, 3.8) is 0 Å². The van der Waals surface area contributed by atoms with Gasteiger partial charge in [0.1, 0.15) is 5.75 Å². The summed E-state index contributed by atoms with van der Waals surface area (Å²) in [4.78, 5) is 0. The van der Waals surface area contributed by atoms with Gasteiger partial charge in [0, 0.05) is 22.0 Å². The zero-order valence-corrected chi connectivity index (χ0v) is 13.5. The molecule has 110 valence electrons. The molecular formula is C16H22O2S2. The van der Waals surface area contributed by atoms with Crippen LogP contribution in [0.4, 0.5) is 0 Å². The fourth-order valence-electron chi connectivity index (χ4n) is 3.16. The average Bonchev–Trinajstić information content (AvgIpc) is 2.48. The Bertz CT molecular complexity index is 452. The average molecular weight is 310 g/mol. The van der Waals surface area contributed by atoms with Crippen LogP contribution in [-0.4, -0.2) is 39.8 Å². The largest absolute Gasteiger partial charge is 0.493 e. The van der Waals surface area contributed by atoms with Crippen molar-refractivity contribution in [2.75, 3.05) is 18.1 Å². The molecule has 4 atom stereocenters. The zero-order chi connectivity index (χ0) is 13.9. The van der Waals surface area contributed by atoms with Gasteiger partial charge in [-0.15, -0.1) is 0 Å². The first-order valence-electron chi connectivity index (χ1n) is 7.38. The molecule has 1 aromatic carbocycles. The van der Waals surface area contributed by atoms with E-state index in [0.717, 1.165) is 25.2 Å². The van der Waals surface area contributed by atoms with Gasteiger partial charge in [0.15, 0.2) is 0 Å². The Hall–Kier alpha value is -0.320. The Kier molecular flexibility index (Phi) is 4.84. The number of benzene rings is 1. The molecule has 2 aliphatic rings. The van der Waals surface area contributed by atoms with Gasteiger partial charge in [0.25, 0.3) is 0 Å². The third-order valence-corrected chi connectivity index (χ3v) is 7.46. The number of hydrogen-bond acceptors (Lipinski definition) is 4. The summed E-state index contributed by atoms with van der Waals surface area (Å²) in [5.74, 6) is 3.83. The highest BCUT2D eigenvalue weighted by molar-refractivity contribution is 8.07. The number of para-hydroxylation sites is 1. The molecule has 0 aliphatic carbocycles. The highest BCUT2D eigenvalue weighted by Crippen LogP contribution is 2.40. The van der Waals surface area contributed by atoms with Crippen molar-refractivity contribution in [3.8, 4) is 5.75 Å². The van der Waals surface area contributed by atoms with E-state index < -0.39 is 0 Å². The Labute approximate surface area is 129 Å². The standard InChI is InChI=1S/C16H22O2S2/c1-11-16(20-9-8-19-11)14(17)10-12-6-7-18-15-5-3-2-4-13(12)15/h2-5,11-12,14,16-17H,6-10H2,1H3. The van der Waals surface area contributed by atoms with Crippen LogP contribution >= 0.6 is 23.5 Å². The Morgan fingerprint density at radius 3 is 2.95 bits per heavy atom. The van der Waals surface area contributed by atoms with Crippen LogP contribution in [0.2, 0.25) is 0 Å². The molecule has 0 radical (unpaired) electrons. The second-order valence-corrected chi connectivity index (χ2v) is 8.36. The first-order chi connectivity index (χ1) is 9.75. The van der Waals surface area contributed by atoms with Crippen molar-refractivity contribution in [2.24, 2.45) is 0 Å². The van der Waals surface area contributed by atoms with Crippen LogP contribution in [0.25, 0.3) is 0 Å². The van der Waals surface area contributed by atoms with E-state index in [4.69, 9.17) is 4.74 Å². The van der Waals surface area contributed by atoms with E-state index in [0.29, 0.717) is 16.4 Å². The van der Waals surface area contributed by atoms with Gasteiger partial charge in [-0.3, -0.25) is 0 Å². The van der Waals surface area contributed by atoms with Gasteiger partial charge in [-0.05, 0) is 30.4 Å². The molecule has 4 unspecified atom stereocenters. The summed E-state index contributed by atoms with van der Waals surface area (Å²) in [5, 5.41) is 11.6. The fourth-order valence-corrected chi connectivity index (χ4v) is 6.02. The first-order valence-corrected chi connectivity index (χ1v) is 9.48. The Balaban J connectivity index is 1.69. The van der Waals surface area contributed by atoms with Crippen molar-refractivity contribution in [1.82, 2.24) is 0 Å². The van der Waals surface area contributed by atoms with Gasteiger partial charge in [-0.1, -0.05) is 25.1 Å². The van der Waals surface area contributed by atoms with Gasteiger partial charge in [0.05, 0.1) is 12.7 Å². The third-order valence-electron chi connectivity index (χ3n) is 4.22. The van der Waals surface area contributed by atoms with Gasteiger partial charge >= 0.3 is 0 Å². The Morgan fingerprint density at radius 1 is 1.30 bits per heavy atom. The number of aliphatic hydroxyl groups is 1. The molecule has 1 fully saturated rings. The van der Waals surface area contributed by atoms with Crippen LogP contribution in [0.5, 0.6) is 5.75 Å². The van der Waals surface area contributed by atoms with Crippen LogP contribution in [0.3, 0.4) is 0 Å². The summed E-state index contributed by atoms with van der Waals surface area (Å²) < 4.78 is 5.71. The van der Waals surface area contributed by atoms with E-state index in [-0.39, 0.29) is 6.10 Å². The number of ether oxygens (including phenoxy) is 1. The van der Waals surface area contributed by atoms with E-state index in [1.165, 1.54) is 17.1 Å². The topological polar surface area (TPSA) is 29.5 Å². The van der Waals surface area contributed by atoms with Crippen LogP contribution in [0.15, 0.2) is 24.3 Å². The molecule has 4 heteroatoms. The number of hydrogen-bond donors (Lipinski definition) is 1. The maximum absolute atomic E-state index is 10.6. The molecular weight excluding hydrogens is 288 g/mol. The van der Waals surface area contributed by atoms with Crippen LogP contribution in [-0.2, 0) is 0 Å². The monoisotopic (exact) mass is 310 g/mol. The third kappa shape index (κ3) is 3.12. The highest BCUT2D eigenvalue weighted by Gasteiger charge is 2.32. The molecule has 0 saturated carbocycles. The molecule has 1 saturated heterocycles. The van der Waals surface area contributed by atoms with Gasteiger partial charge in [-0.25, -0.2) is 0 Å². The second-order valence-electron chi connectivity index (χ2n) is 5.59. The number of thioether (sulfide) groups is 2. The normalized spacial score (nSPS) is 31.2. The lowest BCUT2D eigenvalue weighted by atomic mass is 9.87. The zero-order valence-electron chi connectivity index (χ0n) is 11.8. The summed E-state index contributed by atoms with van der Waals surface area (Å²) in [7, 11) is 0. The predicted octanol–water partition coefficient (Wildman–Crippen LogP) is 3.54. The van der Waals surface area contributed by atoms with Crippen LogP contribution in [0, 0.1) is 0 Å². The summed E-state index contributed by atoms with van der Waals surface area (Å²) in [6.45, 7) is 3.03. The number of aliphatic hydroxyl groups excluding tert-OH is 1. The lowest BCUT2D eigenvalue weighted by molar-refractivity contribution is 0.140. The lowest BCUT2D eigenvalue weighted by Crippen LogP contribution is -2.36. The van der Waals surface area contributed by atoms with E-state index in [9.17, 15) is 5.11 Å². The smallest absolute Gasteiger partial charge is 0.122 e. The van der Waals surface area contributed by atoms with Gasteiger partial charge < -0.3 is 9.84 Å². The molecule has 0 amide bonds. The Morgan fingerprint density at radius 2 is 2.10 bits per heavy atom. The minimum Gasteiger partial charge on any atom is -0.493 e. The predicted molar refractivity (Wildman–Crippen MR) is 88.1 cm³/mol. The summed E-state index contributed by atoms with van der Waals surface area (Å²) in [6, 6.07) is 8.29. The minimum atomic E-state index is -0.209. The summed E-state index contributed by atoms with van der Waals surface area (Å²) >= 11 is 3.94. The van der Waals surface area contributed by atoms with E-state index in [2.05, 4.69) is 19.1 Å². The number of fused-ring (bicyclic) bond motifs is 1. The maximum atomic E-state index is 10.6. The van der Waals surface area contributed by atoms with Gasteiger partial charge in [-0.2, -0.15) is 23.5 Å². The van der Waals surface area contributed by atoms with Crippen molar-refractivity contribution in [3.05, 3.63) is 29.8 Å². The van der Waals surface area contributed by atoms with Crippen molar-refractivity contribution in [2.45, 2.75) is 42.3 Å². The number of rotatable bonds is 3. The lowest BCUT2D eigenvalue weighted by Gasteiger charge is -2.34. The maximum Gasteiger partial charge on any atom is 0.122 e. The van der Waals surface area contributed by atoms with E-state index in [1.807, 2.05) is 35.7 Å². The molecule has 20 heavy (non-hydrogen) atoms. The molecule has 1 N–H and O–H groups in total. The van der Waals surface area contributed by atoms with Crippen molar-refractivity contribution >= 4 is 23.5 Å². The highest BCUT2D eigenvalue weighted by atomic mass is 32.2. The molecule has 2 heterocycles. The van der Waals surface area contributed by atoms with Gasteiger partial charge in [0.2, 0.25) is 0 Å². The van der Waals surface area contributed by atoms with E-state index >= 15 is 0 Å². The molecule has 0 aromatic heterocycles. The second kappa shape index (κ2) is 6.63. The van der Waals surface area contributed by atoms with Crippen molar-refractivity contribution < 1.29 is 9.84 Å². The van der Waals surface area contributed by atoms with Crippen LogP contribution < -0.4 is 4.74 Å². The molecule has 0 spiro atoms. The minimum absolute atomic E-state index is 0.209. The SMILES string of the molecule is CC1SCCSC1C(O)CC1CCOc2ccccc21. The molecule has 0 bridgehead atoms. The molecule has 2 nitrogen and oxygen atoms in total. The fraction of sp³-hybridized carbons (Fsp3) is 0.625. The van der Waals surface area contributed by atoms with Crippen LogP contribution in [0.1, 0.15) is 31.2 Å². The first kappa shape index (κ1) is 14.6. The van der Waals surface area contributed by atoms with Crippen molar-refractivity contribution in [1.29, 1.82) is 0 Å². The summed E-state index contributed by atoms with van der Waals surface area (Å²) in [5.41, 5.74) is 1.28.